The second-order valence-electron chi connectivity index (χ2n) is 4.73. The number of hydrogen-bond donors (Lipinski definition) is 0. The van der Waals surface area contributed by atoms with Gasteiger partial charge in [0, 0.05) is 17.8 Å². The van der Waals surface area contributed by atoms with Gasteiger partial charge in [0.1, 0.15) is 6.61 Å². The Morgan fingerprint density at radius 1 is 1.33 bits per heavy atom. The molecule has 112 valence electrons. The summed E-state index contributed by atoms with van der Waals surface area (Å²) >= 11 is 0. The highest BCUT2D eigenvalue weighted by atomic mass is 19.3. The summed E-state index contributed by atoms with van der Waals surface area (Å²) in [7, 11) is 0. The number of nitrogens with zero attached hydrogens (tertiary/aromatic N) is 3. The van der Waals surface area contributed by atoms with Gasteiger partial charge in [-0.1, -0.05) is 5.16 Å². The Balaban J connectivity index is 1.59. The first-order valence-corrected chi connectivity index (χ1v) is 6.52. The lowest BCUT2D eigenvalue weighted by Crippen LogP contribution is -2.03. The molecule has 0 unspecified atom stereocenters. The third-order valence-electron chi connectivity index (χ3n) is 2.95. The van der Waals surface area contributed by atoms with Crippen LogP contribution in [0.3, 0.4) is 0 Å². The normalized spacial score (nSPS) is 14.6. The summed E-state index contributed by atoms with van der Waals surface area (Å²) in [6, 6.07) is 2.85. The van der Waals surface area contributed by atoms with E-state index in [-0.39, 0.29) is 12.5 Å². The van der Waals surface area contributed by atoms with Gasteiger partial charge in [-0.3, -0.25) is 0 Å². The molecule has 0 N–H and O–H groups in total. The van der Waals surface area contributed by atoms with Crippen molar-refractivity contribution < 1.29 is 22.8 Å². The van der Waals surface area contributed by atoms with E-state index >= 15 is 0 Å². The Hall–Kier alpha value is -2.09. The summed E-state index contributed by atoms with van der Waals surface area (Å²) in [4.78, 5) is 7.90. The molecule has 8 heteroatoms. The fraction of sp³-hybridized carbons (Fsp3) is 0.462. The lowest BCUT2D eigenvalue weighted by Gasteiger charge is -2.02. The highest BCUT2D eigenvalue weighted by molar-refractivity contribution is 5.52. The van der Waals surface area contributed by atoms with Gasteiger partial charge in [0.05, 0.1) is 6.61 Å². The Morgan fingerprint density at radius 2 is 2.19 bits per heavy atom. The van der Waals surface area contributed by atoms with Crippen LogP contribution in [0.25, 0.3) is 11.4 Å². The molecule has 21 heavy (non-hydrogen) atoms. The molecule has 1 fully saturated rings. The fourth-order valence-corrected chi connectivity index (χ4v) is 1.70. The molecule has 0 spiro atoms. The van der Waals surface area contributed by atoms with Gasteiger partial charge in [-0.25, -0.2) is 4.98 Å². The predicted molar refractivity (Wildman–Crippen MR) is 66.5 cm³/mol. The Kier molecular flexibility index (Phi) is 4.05. The number of alkyl halides is 2. The molecule has 2 heterocycles. The summed E-state index contributed by atoms with van der Waals surface area (Å²) in [6.45, 7) is -1.92. The van der Waals surface area contributed by atoms with Crippen molar-refractivity contribution in [2.24, 2.45) is 5.92 Å². The van der Waals surface area contributed by atoms with Crippen molar-refractivity contribution in [2.45, 2.75) is 26.1 Å². The van der Waals surface area contributed by atoms with Crippen LogP contribution in [0.1, 0.15) is 18.7 Å². The van der Waals surface area contributed by atoms with Crippen molar-refractivity contribution in [1.82, 2.24) is 15.1 Å². The molecule has 0 aliphatic heterocycles. The van der Waals surface area contributed by atoms with Crippen LogP contribution in [0.5, 0.6) is 5.88 Å². The minimum Gasteiger partial charge on any atom is -0.417 e. The van der Waals surface area contributed by atoms with Crippen LogP contribution in [0, 0.1) is 5.92 Å². The van der Waals surface area contributed by atoms with Crippen LogP contribution in [-0.4, -0.2) is 28.3 Å². The Morgan fingerprint density at radius 3 is 2.86 bits per heavy atom. The molecule has 0 radical (unpaired) electrons. The van der Waals surface area contributed by atoms with E-state index in [2.05, 4.69) is 19.9 Å². The molecule has 2 aromatic rings. The summed E-state index contributed by atoms with van der Waals surface area (Å²) in [6.07, 6.45) is 3.78. The van der Waals surface area contributed by atoms with Crippen LogP contribution in [0.15, 0.2) is 22.9 Å². The molecule has 0 saturated heterocycles. The maximum absolute atomic E-state index is 12.0. The average molecular weight is 297 g/mol. The molecule has 6 nitrogen and oxygen atoms in total. The lowest BCUT2D eigenvalue weighted by molar-refractivity contribution is -0.0528. The van der Waals surface area contributed by atoms with Crippen LogP contribution >= 0.6 is 0 Å². The number of hydrogen-bond acceptors (Lipinski definition) is 6. The maximum atomic E-state index is 12.0. The van der Waals surface area contributed by atoms with Gasteiger partial charge < -0.3 is 14.0 Å². The maximum Gasteiger partial charge on any atom is 0.388 e. The lowest BCUT2D eigenvalue weighted by atomic mass is 10.3. The van der Waals surface area contributed by atoms with Crippen LogP contribution in [-0.2, 0) is 11.3 Å². The monoisotopic (exact) mass is 297 g/mol. The number of ether oxygens (including phenoxy) is 2. The van der Waals surface area contributed by atoms with Gasteiger partial charge in [-0.2, -0.15) is 13.8 Å². The molecule has 0 aromatic carbocycles. The first kappa shape index (κ1) is 13.9. The first-order valence-electron chi connectivity index (χ1n) is 6.52. The molecule has 0 bridgehead atoms. The number of pyridine rings is 1. The van der Waals surface area contributed by atoms with Crippen molar-refractivity contribution in [1.29, 1.82) is 0 Å². The van der Waals surface area contributed by atoms with Gasteiger partial charge in [-0.15, -0.1) is 0 Å². The average Bonchev–Trinajstić information content (AvgIpc) is 3.16. The zero-order valence-corrected chi connectivity index (χ0v) is 11.0. The fourth-order valence-electron chi connectivity index (χ4n) is 1.70. The Labute approximate surface area is 119 Å². The zero-order valence-electron chi connectivity index (χ0n) is 11.0. The molecule has 2 aromatic heterocycles. The van der Waals surface area contributed by atoms with E-state index in [1.54, 1.807) is 0 Å². The number of rotatable bonds is 7. The topological polar surface area (TPSA) is 70.3 Å². The smallest absolute Gasteiger partial charge is 0.388 e. The quantitative estimate of drug-likeness (QED) is 0.782. The third-order valence-corrected chi connectivity index (χ3v) is 2.95. The van der Waals surface area contributed by atoms with Crippen molar-refractivity contribution in [3.63, 3.8) is 0 Å². The largest absolute Gasteiger partial charge is 0.417 e. The van der Waals surface area contributed by atoms with Gasteiger partial charge in [0.2, 0.25) is 11.7 Å². The molecule has 0 atom stereocenters. The highest BCUT2D eigenvalue weighted by Crippen LogP contribution is 2.29. The van der Waals surface area contributed by atoms with E-state index in [1.165, 1.54) is 31.2 Å². The number of aromatic nitrogens is 3. The molecule has 0 amide bonds. The SMILES string of the molecule is FC(F)Oc1ccc(-c2noc(COCC3CC3)n2)cn1. The second kappa shape index (κ2) is 6.13. The minimum absolute atomic E-state index is 0.162. The van der Waals surface area contributed by atoms with E-state index in [0.717, 1.165) is 0 Å². The first-order chi connectivity index (χ1) is 10.2. The highest BCUT2D eigenvalue weighted by Gasteiger charge is 2.21. The van der Waals surface area contributed by atoms with Crippen LogP contribution in [0.4, 0.5) is 8.78 Å². The van der Waals surface area contributed by atoms with Gasteiger partial charge >= 0.3 is 6.61 Å². The van der Waals surface area contributed by atoms with E-state index in [4.69, 9.17) is 9.26 Å². The summed E-state index contributed by atoms with van der Waals surface area (Å²) in [5.74, 6) is 1.21. The van der Waals surface area contributed by atoms with Crippen molar-refractivity contribution >= 4 is 0 Å². The van der Waals surface area contributed by atoms with E-state index < -0.39 is 6.61 Å². The summed E-state index contributed by atoms with van der Waals surface area (Å²) in [5.41, 5.74) is 0.550. The molecular weight excluding hydrogens is 284 g/mol. The molecule has 1 aliphatic carbocycles. The standard InChI is InChI=1S/C13H13F2N3O3/c14-13(15)20-10-4-3-9(5-16-10)12-17-11(21-18-12)7-19-6-8-1-2-8/h3-5,8,13H,1-2,6-7H2. The van der Waals surface area contributed by atoms with Crippen LogP contribution in [0.2, 0.25) is 0 Å². The van der Waals surface area contributed by atoms with Gasteiger partial charge in [-0.05, 0) is 24.8 Å². The zero-order chi connectivity index (χ0) is 14.7. The van der Waals surface area contributed by atoms with Gasteiger partial charge in [0.15, 0.2) is 0 Å². The summed E-state index contributed by atoms with van der Waals surface area (Å²) < 4.78 is 38.7. The third kappa shape index (κ3) is 3.94. The van der Waals surface area contributed by atoms with Crippen LogP contribution < -0.4 is 4.74 Å². The Bertz CT molecular complexity index is 585. The minimum atomic E-state index is -2.90. The van der Waals surface area contributed by atoms with Crippen molar-refractivity contribution in [2.75, 3.05) is 6.61 Å². The van der Waals surface area contributed by atoms with Crippen molar-refractivity contribution in [3.05, 3.63) is 24.2 Å². The molecule has 1 saturated carbocycles. The summed E-state index contributed by atoms with van der Waals surface area (Å²) in [5, 5.41) is 3.80. The predicted octanol–water partition coefficient (Wildman–Crippen LogP) is 2.66. The molecular formula is C13H13F2N3O3. The number of halogens is 2. The molecule has 3 rings (SSSR count). The van der Waals surface area contributed by atoms with E-state index in [9.17, 15) is 8.78 Å². The molecule has 1 aliphatic rings. The van der Waals surface area contributed by atoms with Gasteiger partial charge in [0.25, 0.3) is 5.89 Å². The second-order valence-corrected chi connectivity index (χ2v) is 4.73. The van der Waals surface area contributed by atoms with Crippen molar-refractivity contribution in [3.8, 4) is 17.3 Å². The van der Waals surface area contributed by atoms with E-state index in [0.29, 0.717) is 29.8 Å². The van der Waals surface area contributed by atoms with E-state index in [1.807, 2.05) is 0 Å².